The molecule has 1 N–H and O–H groups in total. The normalized spacial score (nSPS) is 10.8. The van der Waals surface area contributed by atoms with Gasteiger partial charge >= 0.3 is 0 Å². The van der Waals surface area contributed by atoms with E-state index in [1.807, 2.05) is 0 Å². The molecule has 10 heteroatoms. The lowest BCUT2D eigenvalue weighted by atomic mass is 10.3. The van der Waals surface area contributed by atoms with Gasteiger partial charge in [-0.3, -0.25) is 15.2 Å². The molecule has 0 aliphatic heterocycles. The molecule has 0 radical (unpaired) electrons. The summed E-state index contributed by atoms with van der Waals surface area (Å²) >= 11 is 0.816. The van der Waals surface area contributed by atoms with Gasteiger partial charge < -0.3 is 4.74 Å². The van der Waals surface area contributed by atoms with E-state index in [-0.39, 0.29) is 15.7 Å². The number of hydrogen-bond acceptors (Lipinski definition) is 6. The van der Waals surface area contributed by atoms with E-state index in [0.29, 0.717) is 5.75 Å². The maximum absolute atomic E-state index is 12.4. The van der Waals surface area contributed by atoms with Crippen LogP contribution >= 0.6 is 11.8 Å². The van der Waals surface area contributed by atoms with Crippen LogP contribution in [0.1, 0.15) is 12.2 Å². The monoisotopic (exact) mass is 302 g/mol. The first-order chi connectivity index (χ1) is 9.51. The second-order valence-corrected chi connectivity index (χ2v) is 4.51. The molecule has 1 heterocycles. The average molecular weight is 302 g/mol. The number of halogens is 2. The van der Waals surface area contributed by atoms with Crippen molar-refractivity contribution in [2.24, 2.45) is 0 Å². The van der Waals surface area contributed by atoms with Crippen LogP contribution in [0.5, 0.6) is 5.75 Å². The third-order valence-electron chi connectivity index (χ3n) is 2.25. The van der Waals surface area contributed by atoms with Crippen molar-refractivity contribution < 1.29 is 18.4 Å². The van der Waals surface area contributed by atoms with Gasteiger partial charge in [-0.2, -0.15) is 4.98 Å². The van der Waals surface area contributed by atoms with Crippen LogP contribution in [0.15, 0.2) is 28.3 Å². The van der Waals surface area contributed by atoms with Gasteiger partial charge in [0.2, 0.25) is 5.16 Å². The first-order valence-corrected chi connectivity index (χ1v) is 6.03. The largest absolute Gasteiger partial charge is 0.497 e. The molecule has 0 spiro atoms. The average Bonchev–Trinajstić information content (AvgIpc) is 2.87. The number of aromatic nitrogens is 3. The number of nitro groups is 1. The van der Waals surface area contributed by atoms with E-state index in [1.165, 1.54) is 25.3 Å². The molecule has 0 saturated heterocycles. The molecule has 1 aromatic carbocycles. The van der Waals surface area contributed by atoms with E-state index in [9.17, 15) is 18.9 Å². The van der Waals surface area contributed by atoms with Crippen molar-refractivity contribution in [1.29, 1.82) is 0 Å². The van der Waals surface area contributed by atoms with E-state index in [0.717, 1.165) is 11.8 Å². The number of alkyl halides is 2. The van der Waals surface area contributed by atoms with Crippen LogP contribution in [0, 0.1) is 10.1 Å². The number of rotatable bonds is 5. The number of nitro benzene ring substituents is 1. The summed E-state index contributed by atoms with van der Waals surface area (Å²) in [7, 11) is 1.38. The Morgan fingerprint density at radius 1 is 1.50 bits per heavy atom. The molecule has 2 aromatic rings. The Hall–Kier alpha value is -2.23. The zero-order chi connectivity index (χ0) is 14.7. The molecule has 0 aliphatic carbocycles. The first kappa shape index (κ1) is 14.2. The van der Waals surface area contributed by atoms with Crippen LogP contribution in [0.3, 0.4) is 0 Å². The number of methoxy groups -OCH3 is 1. The van der Waals surface area contributed by atoms with Crippen molar-refractivity contribution >= 4 is 17.4 Å². The molecule has 0 aliphatic rings. The van der Waals surface area contributed by atoms with Gasteiger partial charge in [0, 0.05) is 0 Å². The quantitative estimate of drug-likeness (QED) is 0.674. The minimum atomic E-state index is -2.78. The third kappa shape index (κ3) is 3.02. The Labute approximate surface area is 115 Å². The number of nitrogens with one attached hydrogen (secondary N) is 1. The number of hydrogen-bond donors (Lipinski definition) is 1. The van der Waals surface area contributed by atoms with Gasteiger partial charge in [-0.25, -0.2) is 8.78 Å². The van der Waals surface area contributed by atoms with Crippen LogP contribution in [0.4, 0.5) is 14.5 Å². The summed E-state index contributed by atoms with van der Waals surface area (Å²) in [6.07, 6.45) is -2.78. The Morgan fingerprint density at radius 3 is 2.80 bits per heavy atom. The van der Waals surface area contributed by atoms with Crippen molar-refractivity contribution in [3.05, 3.63) is 34.1 Å². The number of nitrogens with zero attached hydrogens (tertiary/aromatic N) is 3. The number of H-pyrrole nitrogens is 1. The van der Waals surface area contributed by atoms with Crippen molar-refractivity contribution in [3.8, 4) is 5.75 Å². The van der Waals surface area contributed by atoms with Gasteiger partial charge in [0.25, 0.3) is 12.1 Å². The number of benzene rings is 1. The summed E-state index contributed by atoms with van der Waals surface area (Å²) in [6, 6.07) is 4.21. The van der Waals surface area contributed by atoms with Gasteiger partial charge in [-0.1, -0.05) is 0 Å². The SMILES string of the molecule is COc1ccc(Sc2n[nH]c(C(F)F)n2)c([N+](=O)[O-])c1. The van der Waals surface area contributed by atoms with Crippen molar-refractivity contribution in [2.45, 2.75) is 16.5 Å². The van der Waals surface area contributed by atoms with E-state index >= 15 is 0 Å². The van der Waals surface area contributed by atoms with Gasteiger partial charge in [0.05, 0.1) is 23.0 Å². The summed E-state index contributed by atoms with van der Waals surface area (Å²) < 4.78 is 29.6. The fourth-order valence-electron chi connectivity index (χ4n) is 1.35. The van der Waals surface area contributed by atoms with Gasteiger partial charge in [-0.15, -0.1) is 5.10 Å². The Bertz CT molecular complexity index is 635. The van der Waals surface area contributed by atoms with Gasteiger partial charge in [0.15, 0.2) is 5.82 Å². The van der Waals surface area contributed by atoms with Crippen LogP contribution in [0.2, 0.25) is 0 Å². The second-order valence-electron chi connectivity index (χ2n) is 3.50. The number of ether oxygens (including phenoxy) is 1. The summed E-state index contributed by atoms with van der Waals surface area (Å²) in [5.74, 6) is -0.257. The maximum Gasteiger partial charge on any atom is 0.296 e. The molecule has 0 fully saturated rings. The zero-order valence-electron chi connectivity index (χ0n) is 10.0. The Balaban J connectivity index is 2.30. The van der Waals surface area contributed by atoms with Crippen molar-refractivity contribution in [2.75, 3.05) is 7.11 Å². The van der Waals surface area contributed by atoms with Crippen LogP contribution in [0.25, 0.3) is 0 Å². The standard InChI is InChI=1S/C10H8F2N4O3S/c1-19-5-2-3-7(6(4-5)16(17)18)20-10-13-9(8(11)12)14-15-10/h2-4,8H,1H3,(H,13,14,15). The van der Waals surface area contributed by atoms with Gasteiger partial charge in [-0.05, 0) is 23.9 Å². The minimum Gasteiger partial charge on any atom is -0.497 e. The van der Waals surface area contributed by atoms with E-state index in [4.69, 9.17) is 4.74 Å². The zero-order valence-corrected chi connectivity index (χ0v) is 10.9. The molecular weight excluding hydrogens is 294 g/mol. The molecule has 2 rings (SSSR count). The smallest absolute Gasteiger partial charge is 0.296 e. The predicted molar refractivity (Wildman–Crippen MR) is 65.1 cm³/mol. The molecule has 0 unspecified atom stereocenters. The lowest BCUT2D eigenvalue weighted by Crippen LogP contribution is -1.93. The van der Waals surface area contributed by atoms with E-state index in [1.54, 1.807) is 0 Å². The molecule has 7 nitrogen and oxygen atoms in total. The van der Waals surface area contributed by atoms with Crippen LogP contribution < -0.4 is 4.74 Å². The molecule has 0 saturated carbocycles. The summed E-state index contributed by atoms with van der Waals surface area (Å²) in [5.41, 5.74) is -0.210. The molecule has 0 amide bonds. The fourth-order valence-corrected chi connectivity index (χ4v) is 2.16. The van der Waals surface area contributed by atoms with E-state index in [2.05, 4.69) is 15.2 Å². The molecule has 106 valence electrons. The minimum absolute atomic E-state index is 0.0198. The Morgan fingerprint density at radius 2 is 2.25 bits per heavy atom. The van der Waals surface area contributed by atoms with Crippen LogP contribution in [-0.4, -0.2) is 27.2 Å². The third-order valence-corrected chi connectivity index (χ3v) is 3.18. The second kappa shape index (κ2) is 5.82. The fraction of sp³-hybridized carbons (Fsp3) is 0.200. The predicted octanol–water partition coefficient (Wildman–Crippen LogP) is 2.81. The molecule has 20 heavy (non-hydrogen) atoms. The van der Waals surface area contributed by atoms with Crippen molar-refractivity contribution in [3.63, 3.8) is 0 Å². The molecule has 1 aromatic heterocycles. The molecular formula is C10H8F2N4O3S. The summed E-state index contributed by atoms with van der Waals surface area (Å²) in [5, 5.41) is 16.6. The lowest BCUT2D eigenvalue weighted by molar-refractivity contribution is -0.387. The highest BCUT2D eigenvalue weighted by atomic mass is 32.2. The number of aromatic amines is 1. The van der Waals surface area contributed by atoms with Crippen molar-refractivity contribution in [1.82, 2.24) is 15.2 Å². The highest BCUT2D eigenvalue weighted by molar-refractivity contribution is 7.99. The molecule has 0 bridgehead atoms. The highest BCUT2D eigenvalue weighted by Crippen LogP contribution is 2.35. The molecule has 0 atom stereocenters. The lowest BCUT2D eigenvalue weighted by Gasteiger charge is -2.03. The topological polar surface area (TPSA) is 93.9 Å². The van der Waals surface area contributed by atoms with Crippen LogP contribution in [-0.2, 0) is 0 Å². The Kier molecular flexibility index (Phi) is 4.13. The van der Waals surface area contributed by atoms with E-state index < -0.39 is 17.2 Å². The first-order valence-electron chi connectivity index (χ1n) is 5.22. The summed E-state index contributed by atoms with van der Waals surface area (Å²) in [6.45, 7) is 0. The maximum atomic E-state index is 12.4. The highest BCUT2D eigenvalue weighted by Gasteiger charge is 2.19. The van der Waals surface area contributed by atoms with Gasteiger partial charge in [0.1, 0.15) is 5.75 Å². The summed E-state index contributed by atoms with van der Waals surface area (Å²) in [4.78, 5) is 14.1.